The summed E-state index contributed by atoms with van der Waals surface area (Å²) in [6.45, 7) is 3.76. The summed E-state index contributed by atoms with van der Waals surface area (Å²) in [6.07, 6.45) is 1.14. The molecule has 19 heavy (non-hydrogen) atoms. The first kappa shape index (κ1) is 13.3. The highest BCUT2D eigenvalue weighted by Crippen LogP contribution is 2.15. The number of Topliss-reactive ketones (excluding diaryl/α,β-unsaturated/α-hetero) is 1. The number of benzene rings is 1. The maximum atomic E-state index is 13.5. The molecule has 0 spiro atoms. The van der Waals surface area contributed by atoms with Crippen LogP contribution in [0, 0.1) is 11.6 Å². The Labute approximate surface area is 109 Å². The largest absolute Gasteiger partial charge is 0.293 e. The van der Waals surface area contributed by atoms with E-state index in [2.05, 4.69) is 10.1 Å². The third kappa shape index (κ3) is 2.67. The molecular weight excluding hydrogens is 252 g/mol. The predicted octanol–water partition coefficient (Wildman–Crippen LogP) is 2.56. The fourth-order valence-corrected chi connectivity index (χ4v) is 1.83. The molecule has 0 fully saturated rings. The summed E-state index contributed by atoms with van der Waals surface area (Å²) in [4.78, 5) is 15.9. The summed E-state index contributed by atoms with van der Waals surface area (Å²) < 4.78 is 28.5. The van der Waals surface area contributed by atoms with Gasteiger partial charge in [0.15, 0.2) is 5.78 Å². The van der Waals surface area contributed by atoms with Crippen LogP contribution in [-0.4, -0.2) is 20.5 Å². The summed E-state index contributed by atoms with van der Waals surface area (Å²) in [5.41, 5.74) is -0.527. The normalized spacial score (nSPS) is 11.0. The average molecular weight is 265 g/mol. The van der Waals surface area contributed by atoms with Crippen molar-refractivity contribution in [3.8, 4) is 0 Å². The van der Waals surface area contributed by atoms with Crippen molar-refractivity contribution < 1.29 is 13.6 Å². The fourth-order valence-electron chi connectivity index (χ4n) is 1.83. The fraction of sp³-hybridized carbons (Fsp3) is 0.308. The minimum Gasteiger partial charge on any atom is -0.293 e. The maximum absolute atomic E-state index is 13.5. The van der Waals surface area contributed by atoms with Gasteiger partial charge in [0, 0.05) is 6.04 Å². The van der Waals surface area contributed by atoms with Crippen LogP contribution in [0.1, 0.15) is 36.1 Å². The maximum Gasteiger partial charge on any atom is 0.176 e. The molecule has 6 heteroatoms. The molecule has 0 aliphatic rings. The van der Waals surface area contributed by atoms with Crippen LogP contribution < -0.4 is 0 Å². The summed E-state index contributed by atoms with van der Waals surface area (Å²) in [6, 6.07) is 3.36. The van der Waals surface area contributed by atoms with Gasteiger partial charge in [-0.05, 0) is 26.0 Å². The second-order valence-corrected chi connectivity index (χ2v) is 4.41. The van der Waals surface area contributed by atoms with Crippen molar-refractivity contribution in [3.05, 3.63) is 47.5 Å². The van der Waals surface area contributed by atoms with E-state index in [-0.39, 0.29) is 12.5 Å². The van der Waals surface area contributed by atoms with Gasteiger partial charge >= 0.3 is 0 Å². The highest BCUT2D eigenvalue weighted by atomic mass is 19.1. The molecule has 1 aromatic carbocycles. The van der Waals surface area contributed by atoms with E-state index in [1.165, 1.54) is 12.4 Å². The molecule has 2 rings (SSSR count). The van der Waals surface area contributed by atoms with Gasteiger partial charge in [-0.1, -0.05) is 6.07 Å². The van der Waals surface area contributed by atoms with Crippen molar-refractivity contribution in [3.63, 3.8) is 0 Å². The van der Waals surface area contributed by atoms with Crippen molar-refractivity contribution >= 4 is 5.78 Å². The molecule has 4 nitrogen and oxygen atoms in total. The Bertz CT molecular complexity index is 587. The number of nitrogens with zero attached hydrogens (tertiary/aromatic N) is 3. The Morgan fingerprint density at radius 3 is 2.53 bits per heavy atom. The molecule has 0 aliphatic heterocycles. The van der Waals surface area contributed by atoms with Crippen LogP contribution in [0.2, 0.25) is 0 Å². The van der Waals surface area contributed by atoms with Gasteiger partial charge in [-0.25, -0.2) is 18.4 Å². The first-order valence-electron chi connectivity index (χ1n) is 5.86. The minimum absolute atomic E-state index is 0.0239. The molecule has 0 aliphatic carbocycles. The second-order valence-electron chi connectivity index (χ2n) is 4.41. The van der Waals surface area contributed by atoms with Crippen molar-refractivity contribution in [2.45, 2.75) is 26.3 Å². The van der Waals surface area contributed by atoms with Crippen molar-refractivity contribution in [1.29, 1.82) is 0 Å². The molecule has 0 bridgehead atoms. The highest BCUT2D eigenvalue weighted by molar-refractivity contribution is 5.97. The van der Waals surface area contributed by atoms with Gasteiger partial charge in [-0.3, -0.25) is 4.79 Å². The quantitative estimate of drug-likeness (QED) is 0.798. The van der Waals surface area contributed by atoms with Crippen LogP contribution in [-0.2, 0) is 6.42 Å². The number of ketones is 1. The molecule has 1 heterocycles. The zero-order valence-corrected chi connectivity index (χ0v) is 10.6. The molecule has 0 saturated heterocycles. The summed E-state index contributed by atoms with van der Waals surface area (Å²) in [5, 5.41) is 3.97. The SMILES string of the molecule is CC(C)n1ncnc1CC(=O)c1c(F)cccc1F. The van der Waals surface area contributed by atoms with Gasteiger partial charge in [0.2, 0.25) is 0 Å². The molecule has 0 amide bonds. The molecule has 0 unspecified atom stereocenters. The zero-order chi connectivity index (χ0) is 14.0. The number of rotatable bonds is 4. The Morgan fingerprint density at radius 2 is 1.95 bits per heavy atom. The Hall–Kier alpha value is -2.11. The standard InChI is InChI=1S/C13H13F2N3O/c1-8(2)18-12(16-7-17-18)6-11(19)13-9(14)4-3-5-10(13)15/h3-5,7-8H,6H2,1-2H3. The van der Waals surface area contributed by atoms with E-state index in [0.29, 0.717) is 5.82 Å². The Kier molecular flexibility index (Phi) is 3.69. The predicted molar refractivity (Wildman–Crippen MR) is 64.8 cm³/mol. The van der Waals surface area contributed by atoms with Gasteiger partial charge in [0.25, 0.3) is 0 Å². The van der Waals surface area contributed by atoms with E-state index in [4.69, 9.17) is 0 Å². The van der Waals surface area contributed by atoms with E-state index < -0.39 is 23.0 Å². The second kappa shape index (κ2) is 5.26. The third-order valence-corrected chi connectivity index (χ3v) is 2.70. The summed E-state index contributed by atoms with van der Waals surface area (Å²) in [5.74, 6) is -1.98. The van der Waals surface area contributed by atoms with Crippen LogP contribution in [0.3, 0.4) is 0 Å². The number of hydrogen-bond donors (Lipinski definition) is 0. The van der Waals surface area contributed by atoms with Crippen LogP contribution >= 0.6 is 0 Å². The Morgan fingerprint density at radius 1 is 1.32 bits per heavy atom. The number of hydrogen-bond acceptors (Lipinski definition) is 3. The van der Waals surface area contributed by atoms with Crippen LogP contribution in [0.25, 0.3) is 0 Å². The minimum atomic E-state index is -0.861. The average Bonchev–Trinajstić information content (AvgIpc) is 2.76. The number of carbonyl (C=O) groups is 1. The monoisotopic (exact) mass is 265 g/mol. The number of aromatic nitrogens is 3. The third-order valence-electron chi connectivity index (χ3n) is 2.70. The van der Waals surface area contributed by atoms with E-state index in [1.807, 2.05) is 13.8 Å². The molecule has 0 saturated carbocycles. The number of carbonyl (C=O) groups excluding carboxylic acids is 1. The highest BCUT2D eigenvalue weighted by Gasteiger charge is 2.20. The lowest BCUT2D eigenvalue weighted by Gasteiger charge is -2.09. The summed E-state index contributed by atoms with van der Waals surface area (Å²) >= 11 is 0. The van der Waals surface area contributed by atoms with E-state index in [9.17, 15) is 13.6 Å². The lowest BCUT2D eigenvalue weighted by atomic mass is 10.1. The van der Waals surface area contributed by atoms with E-state index >= 15 is 0 Å². The number of halogens is 2. The first-order chi connectivity index (χ1) is 9.00. The molecule has 100 valence electrons. The van der Waals surface area contributed by atoms with Crippen molar-refractivity contribution in [2.75, 3.05) is 0 Å². The van der Waals surface area contributed by atoms with Gasteiger partial charge in [-0.15, -0.1) is 0 Å². The molecule has 0 N–H and O–H groups in total. The first-order valence-corrected chi connectivity index (χ1v) is 5.86. The van der Waals surface area contributed by atoms with E-state index in [0.717, 1.165) is 12.1 Å². The molecule has 0 radical (unpaired) electrons. The molecule has 1 aromatic heterocycles. The molecule has 0 atom stereocenters. The van der Waals surface area contributed by atoms with Crippen molar-refractivity contribution in [2.24, 2.45) is 0 Å². The summed E-state index contributed by atoms with van der Waals surface area (Å²) in [7, 11) is 0. The lowest BCUT2D eigenvalue weighted by molar-refractivity contribution is 0.0981. The van der Waals surface area contributed by atoms with Gasteiger partial charge in [0.05, 0.1) is 12.0 Å². The van der Waals surface area contributed by atoms with Crippen molar-refractivity contribution in [1.82, 2.24) is 14.8 Å². The Balaban J connectivity index is 2.29. The topological polar surface area (TPSA) is 47.8 Å². The van der Waals surface area contributed by atoms with Gasteiger partial charge in [0.1, 0.15) is 23.8 Å². The van der Waals surface area contributed by atoms with Crippen LogP contribution in [0.5, 0.6) is 0 Å². The smallest absolute Gasteiger partial charge is 0.176 e. The zero-order valence-electron chi connectivity index (χ0n) is 10.6. The van der Waals surface area contributed by atoms with Gasteiger partial charge < -0.3 is 0 Å². The van der Waals surface area contributed by atoms with Crippen LogP contribution in [0.15, 0.2) is 24.5 Å². The molecular formula is C13H13F2N3O. The molecule has 2 aromatic rings. The van der Waals surface area contributed by atoms with Gasteiger partial charge in [-0.2, -0.15) is 5.10 Å². The van der Waals surface area contributed by atoms with Crippen LogP contribution in [0.4, 0.5) is 8.78 Å². The lowest BCUT2D eigenvalue weighted by Crippen LogP contribution is -2.15. The van der Waals surface area contributed by atoms with E-state index in [1.54, 1.807) is 4.68 Å².